The molecule has 0 aliphatic carbocycles. The number of carbonyl (C=O) groups is 3. The SMILES string of the molecule is C[C@@]1(C(=O)O)CCN(C(=O)[C@H](c2ccccc2)N2CCCCC2=O)C1. The van der Waals surface area contributed by atoms with Gasteiger partial charge in [0, 0.05) is 26.1 Å². The number of nitrogens with zero attached hydrogens (tertiary/aromatic N) is 2. The molecule has 6 nitrogen and oxygen atoms in total. The molecule has 0 radical (unpaired) electrons. The van der Waals surface area contributed by atoms with Crippen LogP contribution in [0.1, 0.15) is 44.2 Å². The van der Waals surface area contributed by atoms with Crippen LogP contribution < -0.4 is 0 Å². The van der Waals surface area contributed by atoms with Crippen LogP contribution in [0.15, 0.2) is 30.3 Å². The van der Waals surface area contributed by atoms with E-state index in [-0.39, 0.29) is 18.4 Å². The zero-order chi connectivity index (χ0) is 18.0. The molecule has 2 heterocycles. The van der Waals surface area contributed by atoms with Crippen molar-refractivity contribution in [1.29, 1.82) is 0 Å². The van der Waals surface area contributed by atoms with Crippen molar-refractivity contribution in [3.05, 3.63) is 35.9 Å². The van der Waals surface area contributed by atoms with Gasteiger partial charge in [-0.05, 0) is 31.7 Å². The number of likely N-dealkylation sites (tertiary alicyclic amines) is 2. The van der Waals surface area contributed by atoms with E-state index >= 15 is 0 Å². The minimum atomic E-state index is -0.914. The summed E-state index contributed by atoms with van der Waals surface area (Å²) in [5.74, 6) is -1.06. The Morgan fingerprint density at radius 2 is 1.88 bits per heavy atom. The first-order valence-corrected chi connectivity index (χ1v) is 8.79. The van der Waals surface area contributed by atoms with Gasteiger partial charge in [0.1, 0.15) is 6.04 Å². The Hall–Kier alpha value is -2.37. The van der Waals surface area contributed by atoms with E-state index in [4.69, 9.17) is 0 Å². The van der Waals surface area contributed by atoms with Crippen molar-refractivity contribution in [3.63, 3.8) is 0 Å². The van der Waals surface area contributed by atoms with Crippen LogP contribution in [-0.2, 0) is 14.4 Å². The molecule has 0 unspecified atom stereocenters. The molecule has 2 aliphatic heterocycles. The zero-order valence-electron chi connectivity index (χ0n) is 14.5. The third kappa shape index (κ3) is 3.38. The maximum Gasteiger partial charge on any atom is 0.311 e. The first kappa shape index (κ1) is 17.5. The molecule has 6 heteroatoms. The molecule has 1 aromatic carbocycles. The van der Waals surface area contributed by atoms with Gasteiger partial charge >= 0.3 is 5.97 Å². The van der Waals surface area contributed by atoms with E-state index in [2.05, 4.69) is 0 Å². The van der Waals surface area contributed by atoms with Crippen LogP contribution in [0.25, 0.3) is 0 Å². The van der Waals surface area contributed by atoms with Gasteiger partial charge in [0.15, 0.2) is 0 Å². The number of hydrogen-bond donors (Lipinski definition) is 1. The average molecular weight is 344 g/mol. The fourth-order valence-corrected chi connectivity index (χ4v) is 3.69. The third-order valence-electron chi connectivity index (χ3n) is 5.32. The predicted molar refractivity (Wildman–Crippen MR) is 91.7 cm³/mol. The van der Waals surface area contributed by atoms with Crippen LogP contribution in [0.3, 0.4) is 0 Å². The Morgan fingerprint density at radius 3 is 2.48 bits per heavy atom. The standard InChI is InChI=1S/C19H24N2O4/c1-19(18(24)25)10-12-20(13-19)17(23)16(14-7-3-2-4-8-14)21-11-6-5-9-15(21)22/h2-4,7-8,16H,5-6,9-13H2,1H3,(H,24,25)/t16-,19+/m0/s1. The van der Waals surface area contributed by atoms with Crippen LogP contribution >= 0.6 is 0 Å². The van der Waals surface area contributed by atoms with Gasteiger partial charge in [-0.15, -0.1) is 0 Å². The quantitative estimate of drug-likeness (QED) is 0.907. The van der Waals surface area contributed by atoms with E-state index < -0.39 is 17.4 Å². The molecule has 134 valence electrons. The maximum atomic E-state index is 13.2. The number of carboxylic acids is 1. The molecule has 0 saturated carbocycles. The molecule has 25 heavy (non-hydrogen) atoms. The minimum absolute atomic E-state index is 0.00588. The highest BCUT2D eigenvalue weighted by atomic mass is 16.4. The van der Waals surface area contributed by atoms with Crippen molar-refractivity contribution in [2.75, 3.05) is 19.6 Å². The first-order valence-electron chi connectivity index (χ1n) is 8.79. The van der Waals surface area contributed by atoms with Crippen LogP contribution in [0.5, 0.6) is 0 Å². The molecule has 1 N–H and O–H groups in total. The number of rotatable bonds is 4. The molecule has 2 saturated heterocycles. The lowest BCUT2D eigenvalue weighted by Gasteiger charge is -2.36. The summed E-state index contributed by atoms with van der Waals surface area (Å²) in [6, 6.07) is 8.64. The molecule has 1 aromatic rings. The summed E-state index contributed by atoms with van der Waals surface area (Å²) in [5, 5.41) is 9.42. The topological polar surface area (TPSA) is 77.9 Å². The molecule has 3 rings (SSSR count). The van der Waals surface area contributed by atoms with E-state index in [1.165, 1.54) is 0 Å². The number of carbonyl (C=O) groups excluding carboxylic acids is 2. The van der Waals surface area contributed by atoms with E-state index in [1.54, 1.807) is 16.7 Å². The summed E-state index contributed by atoms with van der Waals surface area (Å²) in [5.41, 5.74) is -0.130. The Kier molecular flexibility index (Phi) is 4.79. The third-order valence-corrected chi connectivity index (χ3v) is 5.32. The van der Waals surface area contributed by atoms with Gasteiger partial charge < -0.3 is 14.9 Å². The summed E-state index contributed by atoms with van der Waals surface area (Å²) in [6.45, 7) is 2.83. The lowest BCUT2D eigenvalue weighted by Crippen LogP contribution is -2.47. The van der Waals surface area contributed by atoms with E-state index in [1.807, 2.05) is 30.3 Å². The van der Waals surface area contributed by atoms with Crippen molar-refractivity contribution < 1.29 is 19.5 Å². The summed E-state index contributed by atoms with van der Waals surface area (Å²) in [6.07, 6.45) is 2.63. The first-order chi connectivity index (χ1) is 11.9. The van der Waals surface area contributed by atoms with E-state index in [0.717, 1.165) is 18.4 Å². The van der Waals surface area contributed by atoms with Crippen LogP contribution in [-0.4, -0.2) is 52.3 Å². The second-order valence-corrected chi connectivity index (χ2v) is 7.23. The maximum absolute atomic E-state index is 13.2. The molecule has 2 aliphatic rings. The number of piperidine rings is 1. The van der Waals surface area contributed by atoms with E-state index in [0.29, 0.717) is 25.9 Å². The Morgan fingerprint density at radius 1 is 1.16 bits per heavy atom. The van der Waals surface area contributed by atoms with Gasteiger partial charge in [0.25, 0.3) is 0 Å². The Labute approximate surface area is 147 Å². The van der Waals surface area contributed by atoms with Crippen LogP contribution in [0, 0.1) is 5.41 Å². The molecule has 2 atom stereocenters. The summed E-state index contributed by atoms with van der Waals surface area (Å²) >= 11 is 0. The summed E-state index contributed by atoms with van der Waals surface area (Å²) in [7, 11) is 0. The largest absolute Gasteiger partial charge is 0.481 e. The van der Waals surface area contributed by atoms with Gasteiger partial charge in [0.2, 0.25) is 11.8 Å². The number of hydrogen-bond acceptors (Lipinski definition) is 3. The second-order valence-electron chi connectivity index (χ2n) is 7.23. The van der Waals surface area contributed by atoms with Gasteiger partial charge in [-0.25, -0.2) is 0 Å². The lowest BCUT2D eigenvalue weighted by molar-refractivity contribution is -0.150. The molecular weight excluding hydrogens is 320 g/mol. The lowest BCUT2D eigenvalue weighted by atomic mass is 9.90. The molecule has 2 amide bonds. The summed E-state index contributed by atoms with van der Waals surface area (Å²) < 4.78 is 0. The van der Waals surface area contributed by atoms with Gasteiger partial charge in [-0.2, -0.15) is 0 Å². The second kappa shape index (κ2) is 6.86. The number of carboxylic acid groups (broad SMARTS) is 1. The molecular formula is C19H24N2O4. The van der Waals surface area contributed by atoms with Gasteiger partial charge in [0.05, 0.1) is 5.41 Å². The fourth-order valence-electron chi connectivity index (χ4n) is 3.69. The molecule has 2 fully saturated rings. The zero-order valence-corrected chi connectivity index (χ0v) is 14.5. The van der Waals surface area contributed by atoms with Gasteiger partial charge in [-0.1, -0.05) is 30.3 Å². The Bertz CT molecular complexity index is 675. The van der Waals surface area contributed by atoms with Gasteiger partial charge in [-0.3, -0.25) is 14.4 Å². The van der Waals surface area contributed by atoms with Crippen molar-refractivity contribution >= 4 is 17.8 Å². The van der Waals surface area contributed by atoms with Crippen molar-refractivity contribution in [2.24, 2.45) is 5.41 Å². The van der Waals surface area contributed by atoms with Crippen molar-refractivity contribution in [3.8, 4) is 0 Å². The molecule has 0 bridgehead atoms. The Balaban J connectivity index is 1.88. The smallest absolute Gasteiger partial charge is 0.311 e. The molecule has 0 aromatic heterocycles. The van der Waals surface area contributed by atoms with E-state index in [9.17, 15) is 19.5 Å². The normalized spacial score (nSPS) is 25.1. The van der Waals surface area contributed by atoms with Crippen LogP contribution in [0.2, 0.25) is 0 Å². The highest BCUT2D eigenvalue weighted by Gasteiger charge is 2.45. The van der Waals surface area contributed by atoms with Crippen molar-refractivity contribution in [1.82, 2.24) is 9.80 Å². The highest BCUT2D eigenvalue weighted by molar-refractivity contribution is 5.90. The minimum Gasteiger partial charge on any atom is -0.481 e. The summed E-state index contributed by atoms with van der Waals surface area (Å²) in [4.78, 5) is 40.4. The van der Waals surface area contributed by atoms with Crippen LogP contribution in [0.4, 0.5) is 0 Å². The number of benzene rings is 1. The van der Waals surface area contributed by atoms with Crippen molar-refractivity contribution in [2.45, 2.75) is 38.6 Å². The fraction of sp³-hybridized carbons (Fsp3) is 0.526. The number of amides is 2. The monoisotopic (exact) mass is 344 g/mol. The molecule has 0 spiro atoms. The number of aliphatic carboxylic acids is 1. The highest BCUT2D eigenvalue weighted by Crippen LogP contribution is 2.34. The predicted octanol–water partition coefficient (Wildman–Crippen LogP) is 2.06. The average Bonchev–Trinajstić information content (AvgIpc) is 3.02.